The van der Waals surface area contributed by atoms with E-state index < -0.39 is 6.10 Å². The number of benzene rings is 1. The molecule has 34 heavy (non-hydrogen) atoms. The van der Waals surface area contributed by atoms with Crippen LogP contribution in [0.25, 0.3) is 0 Å². The van der Waals surface area contributed by atoms with Gasteiger partial charge in [0.1, 0.15) is 11.5 Å². The quantitative estimate of drug-likeness (QED) is 0.209. The standard InChI is InChI=1S/C25H30Cl3NO4S/c1-15(30)29-9-10-33-25(32)24-8-6-19(34-24)3-2-4-20-21(23(31)14-22(20)28)7-5-16-11-17(26)13-18(27)12-16/h6,8,11-13,20-23,31H,2-5,7,9-10,14H2,1H3,(H,29,30)/t20-,21-,22-,23-/m1/s1. The number of amides is 1. The minimum Gasteiger partial charge on any atom is -0.460 e. The summed E-state index contributed by atoms with van der Waals surface area (Å²) in [5, 5.41) is 14.4. The molecule has 1 aliphatic rings. The molecule has 0 radical (unpaired) electrons. The Labute approximate surface area is 219 Å². The molecule has 0 bridgehead atoms. The van der Waals surface area contributed by atoms with Crippen LogP contribution in [0.4, 0.5) is 0 Å². The van der Waals surface area contributed by atoms with Crippen LogP contribution in [0.3, 0.4) is 0 Å². The maximum atomic E-state index is 12.2. The first kappa shape index (κ1) is 27.3. The molecule has 2 N–H and O–H groups in total. The van der Waals surface area contributed by atoms with Crippen LogP contribution < -0.4 is 5.32 Å². The first-order valence-corrected chi connectivity index (χ1v) is 13.5. The Morgan fingerprint density at radius 2 is 1.85 bits per heavy atom. The fourth-order valence-electron chi connectivity index (χ4n) is 4.60. The molecule has 5 nitrogen and oxygen atoms in total. The molecule has 1 saturated carbocycles. The van der Waals surface area contributed by atoms with Gasteiger partial charge in [0, 0.05) is 27.2 Å². The maximum absolute atomic E-state index is 12.2. The van der Waals surface area contributed by atoms with Crippen molar-refractivity contribution in [3.05, 3.63) is 55.7 Å². The maximum Gasteiger partial charge on any atom is 0.348 e. The van der Waals surface area contributed by atoms with Gasteiger partial charge >= 0.3 is 5.97 Å². The fourth-order valence-corrected chi connectivity index (χ4v) is 6.61. The second kappa shape index (κ2) is 13.1. The number of aliphatic hydroxyl groups excluding tert-OH is 1. The number of aliphatic hydroxyl groups is 1. The number of carbonyl (C=O) groups excluding carboxylic acids is 2. The smallest absolute Gasteiger partial charge is 0.348 e. The van der Waals surface area contributed by atoms with Crippen molar-refractivity contribution < 1.29 is 19.4 Å². The molecule has 0 unspecified atom stereocenters. The van der Waals surface area contributed by atoms with Crippen molar-refractivity contribution in [2.75, 3.05) is 13.2 Å². The zero-order valence-electron chi connectivity index (χ0n) is 19.1. The minimum atomic E-state index is -0.400. The number of ether oxygens (including phenoxy) is 1. The van der Waals surface area contributed by atoms with E-state index in [0.29, 0.717) is 27.9 Å². The third-order valence-corrected chi connectivity index (χ3v) is 8.26. The number of rotatable bonds is 11. The van der Waals surface area contributed by atoms with Crippen molar-refractivity contribution >= 4 is 58.0 Å². The number of aryl methyl sites for hydroxylation is 2. The van der Waals surface area contributed by atoms with Gasteiger partial charge in [-0.15, -0.1) is 22.9 Å². The average molecular weight is 547 g/mol. The van der Waals surface area contributed by atoms with Gasteiger partial charge in [0.15, 0.2) is 0 Å². The van der Waals surface area contributed by atoms with Crippen molar-refractivity contribution in [3.8, 4) is 0 Å². The molecule has 1 fully saturated rings. The zero-order valence-corrected chi connectivity index (χ0v) is 22.2. The number of carbonyl (C=O) groups is 2. The van der Waals surface area contributed by atoms with Crippen LogP contribution >= 0.6 is 46.1 Å². The zero-order chi connectivity index (χ0) is 24.7. The lowest BCUT2D eigenvalue weighted by molar-refractivity contribution is -0.119. The molecule has 1 aromatic heterocycles. The van der Waals surface area contributed by atoms with Crippen LogP contribution in [0.5, 0.6) is 0 Å². The van der Waals surface area contributed by atoms with Gasteiger partial charge < -0.3 is 15.2 Å². The average Bonchev–Trinajstić information content (AvgIpc) is 3.33. The van der Waals surface area contributed by atoms with Gasteiger partial charge in [0.05, 0.1) is 12.6 Å². The van der Waals surface area contributed by atoms with E-state index in [-0.39, 0.29) is 35.7 Å². The second-order valence-corrected chi connectivity index (χ2v) is 11.3. The van der Waals surface area contributed by atoms with Crippen molar-refractivity contribution in [2.45, 2.75) is 56.9 Å². The summed E-state index contributed by atoms with van der Waals surface area (Å²) in [6.45, 7) is 1.87. The summed E-state index contributed by atoms with van der Waals surface area (Å²) in [6.07, 6.45) is 4.53. The van der Waals surface area contributed by atoms with Crippen LogP contribution in [-0.4, -0.2) is 41.6 Å². The Hall–Kier alpha value is -1.31. The van der Waals surface area contributed by atoms with E-state index >= 15 is 0 Å². The molecule has 186 valence electrons. The summed E-state index contributed by atoms with van der Waals surface area (Å²) in [6, 6.07) is 9.29. The number of nitrogens with one attached hydrogen (secondary N) is 1. The van der Waals surface area contributed by atoms with Crippen LogP contribution in [0, 0.1) is 11.8 Å². The predicted octanol–water partition coefficient (Wildman–Crippen LogP) is 5.91. The third-order valence-electron chi connectivity index (χ3n) is 6.20. The molecular formula is C25H30Cl3NO4S. The van der Waals surface area contributed by atoms with Crippen molar-refractivity contribution in [1.82, 2.24) is 5.32 Å². The van der Waals surface area contributed by atoms with Gasteiger partial charge in [-0.2, -0.15) is 0 Å². The number of alkyl halides is 1. The number of hydrogen-bond donors (Lipinski definition) is 2. The van der Waals surface area contributed by atoms with Gasteiger partial charge in [-0.25, -0.2) is 4.79 Å². The Morgan fingerprint density at radius 3 is 2.56 bits per heavy atom. The first-order chi connectivity index (χ1) is 16.2. The van der Waals surface area contributed by atoms with E-state index in [1.165, 1.54) is 18.3 Å². The topological polar surface area (TPSA) is 75.6 Å². The normalized spacial score (nSPS) is 22.0. The van der Waals surface area contributed by atoms with Gasteiger partial charge in [-0.3, -0.25) is 4.79 Å². The van der Waals surface area contributed by atoms with E-state index in [1.807, 2.05) is 18.2 Å². The second-order valence-electron chi connectivity index (χ2n) is 8.74. The molecule has 3 rings (SSSR count). The van der Waals surface area contributed by atoms with E-state index in [4.69, 9.17) is 39.5 Å². The van der Waals surface area contributed by atoms with Crippen molar-refractivity contribution in [2.24, 2.45) is 11.8 Å². The molecule has 2 aromatic rings. The van der Waals surface area contributed by atoms with Crippen molar-refractivity contribution in [3.63, 3.8) is 0 Å². The van der Waals surface area contributed by atoms with Gasteiger partial charge in [0.25, 0.3) is 0 Å². The highest BCUT2D eigenvalue weighted by molar-refractivity contribution is 7.13. The highest BCUT2D eigenvalue weighted by Gasteiger charge is 2.40. The summed E-state index contributed by atoms with van der Waals surface area (Å²) >= 11 is 20.3. The Bertz CT molecular complexity index is 963. The Morgan fingerprint density at radius 1 is 1.12 bits per heavy atom. The molecule has 0 aliphatic heterocycles. The van der Waals surface area contributed by atoms with E-state index in [9.17, 15) is 14.7 Å². The lowest BCUT2D eigenvalue weighted by atomic mass is 9.85. The Balaban J connectivity index is 1.47. The summed E-state index contributed by atoms with van der Waals surface area (Å²) in [5.74, 6) is -0.149. The molecule has 4 atom stereocenters. The molecule has 1 aliphatic carbocycles. The molecule has 1 heterocycles. The summed E-state index contributed by atoms with van der Waals surface area (Å²) in [7, 11) is 0. The minimum absolute atomic E-state index is 0.0413. The fraction of sp³-hybridized carbons (Fsp3) is 0.520. The monoisotopic (exact) mass is 545 g/mol. The van der Waals surface area contributed by atoms with E-state index in [1.54, 1.807) is 12.1 Å². The number of esters is 1. The largest absolute Gasteiger partial charge is 0.460 e. The first-order valence-electron chi connectivity index (χ1n) is 11.5. The summed E-state index contributed by atoms with van der Waals surface area (Å²) in [5.41, 5.74) is 1.07. The third kappa shape index (κ3) is 8.13. The van der Waals surface area contributed by atoms with Crippen LogP contribution in [0.1, 0.15) is 52.7 Å². The van der Waals surface area contributed by atoms with Crippen molar-refractivity contribution in [1.29, 1.82) is 0 Å². The molecular weight excluding hydrogens is 517 g/mol. The van der Waals surface area contributed by atoms with Gasteiger partial charge in [-0.05, 0) is 86.3 Å². The Kier molecular flexibility index (Phi) is 10.5. The van der Waals surface area contributed by atoms with Gasteiger partial charge in [0.2, 0.25) is 5.91 Å². The van der Waals surface area contributed by atoms with Crippen LogP contribution in [0.2, 0.25) is 10.0 Å². The number of thiophene rings is 1. The highest BCUT2D eigenvalue weighted by atomic mass is 35.5. The lowest BCUT2D eigenvalue weighted by Gasteiger charge is -2.23. The molecule has 0 spiro atoms. The predicted molar refractivity (Wildman–Crippen MR) is 138 cm³/mol. The van der Waals surface area contributed by atoms with Crippen LogP contribution in [-0.2, 0) is 22.4 Å². The lowest BCUT2D eigenvalue weighted by Crippen LogP contribution is -2.25. The van der Waals surface area contributed by atoms with Crippen LogP contribution in [0.15, 0.2) is 30.3 Å². The molecule has 9 heteroatoms. The SMILES string of the molecule is CC(=O)NCCOC(=O)c1ccc(CCC[C@@H]2[C@@H](CCc3cc(Cl)cc(Cl)c3)[C@H](O)C[C@H]2Cl)s1. The van der Waals surface area contributed by atoms with Gasteiger partial charge in [-0.1, -0.05) is 23.2 Å². The number of hydrogen-bond acceptors (Lipinski definition) is 5. The van der Waals surface area contributed by atoms with E-state index in [0.717, 1.165) is 42.5 Å². The van der Waals surface area contributed by atoms with E-state index in [2.05, 4.69) is 5.32 Å². The molecule has 0 saturated heterocycles. The summed E-state index contributed by atoms with van der Waals surface area (Å²) in [4.78, 5) is 24.7. The highest BCUT2D eigenvalue weighted by Crippen LogP contribution is 2.42. The molecule has 1 amide bonds. The number of halogens is 3. The molecule has 1 aromatic carbocycles. The summed E-state index contributed by atoms with van der Waals surface area (Å²) < 4.78 is 5.19.